The number of carbonyl (C=O) groups is 1. The van der Waals surface area contributed by atoms with Crippen LogP contribution in [0.5, 0.6) is 5.75 Å². The van der Waals surface area contributed by atoms with Crippen LogP contribution in [0, 0.1) is 11.7 Å². The summed E-state index contributed by atoms with van der Waals surface area (Å²) in [5.74, 6) is -1.18. The molecule has 0 radical (unpaired) electrons. The number of hydrogen-bond donors (Lipinski definition) is 2. The van der Waals surface area contributed by atoms with Gasteiger partial charge in [-0.3, -0.25) is 4.79 Å². The van der Waals surface area contributed by atoms with Gasteiger partial charge >= 0.3 is 0 Å². The van der Waals surface area contributed by atoms with Crippen molar-refractivity contribution in [3.05, 3.63) is 29.6 Å². The molecule has 1 aliphatic rings. The Labute approximate surface area is 105 Å². The molecule has 1 aliphatic heterocycles. The van der Waals surface area contributed by atoms with Gasteiger partial charge in [-0.05, 0) is 24.5 Å². The molecule has 2 rings (SSSR count). The molecule has 0 aromatic heterocycles. The second kappa shape index (κ2) is 4.94. The van der Waals surface area contributed by atoms with Crippen LogP contribution >= 0.6 is 0 Å². The second-order valence-corrected chi connectivity index (χ2v) is 4.68. The van der Waals surface area contributed by atoms with Crippen LogP contribution in [0.25, 0.3) is 0 Å². The maximum Gasteiger partial charge on any atom is 0.257 e. The molecule has 0 saturated carbocycles. The van der Waals surface area contributed by atoms with Gasteiger partial charge in [0.1, 0.15) is 11.6 Å². The first-order chi connectivity index (χ1) is 8.54. The Bertz CT molecular complexity index is 464. The summed E-state index contributed by atoms with van der Waals surface area (Å²) in [6.45, 7) is 2.36. The predicted octanol–water partition coefficient (Wildman–Crippen LogP) is 1.37. The largest absolute Gasteiger partial charge is 0.508 e. The van der Waals surface area contributed by atoms with Crippen LogP contribution in [0.3, 0.4) is 0 Å². The fourth-order valence-electron chi connectivity index (χ4n) is 2.37. The van der Waals surface area contributed by atoms with Gasteiger partial charge in [0.15, 0.2) is 0 Å². The number of hydrogen-bond acceptors (Lipinski definition) is 3. The van der Waals surface area contributed by atoms with Crippen molar-refractivity contribution in [2.45, 2.75) is 19.4 Å². The van der Waals surface area contributed by atoms with Gasteiger partial charge < -0.3 is 15.1 Å². The first-order valence-corrected chi connectivity index (χ1v) is 5.95. The van der Waals surface area contributed by atoms with Crippen molar-refractivity contribution >= 4 is 5.91 Å². The third-order valence-electron chi connectivity index (χ3n) is 3.51. The molecule has 1 saturated heterocycles. The SMILES string of the molecule is CC1CCN(C(=O)c2ccc(O)cc2F)C1CO. The molecular weight excluding hydrogens is 237 g/mol. The number of phenols is 1. The van der Waals surface area contributed by atoms with Gasteiger partial charge in [-0.1, -0.05) is 6.92 Å². The highest BCUT2D eigenvalue weighted by molar-refractivity contribution is 5.95. The standard InChI is InChI=1S/C13H16FNO3/c1-8-4-5-15(12(8)7-16)13(18)10-3-2-9(17)6-11(10)14/h2-3,6,8,12,16-17H,4-5,7H2,1H3. The maximum absolute atomic E-state index is 13.6. The van der Waals surface area contributed by atoms with Gasteiger partial charge in [0.05, 0.1) is 18.2 Å². The van der Waals surface area contributed by atoms with E-state index in [-0.39, 0.29) is 29.9 Å². The average Bonchev–Trinajstić information content (AvgIpc) is 2.69. The molecule has 98 valence electrons. The van der Waals surface area contributed by atoms with Crippen molar-refractivity contribution in [2.24, 2.45) is 5.92 Å². The van der Waals surface area contributed by atoms with Crippen LogP contribution in [0.15, 0.2) is 18.2 Å². The van der Waals surface area contributed by atoms with E-state index < -0.39 is 11.7 Å². The molecule has 1 amide bonds. The van der Waals surface area contributed by atoms with Gasteiger partial charge in [0.2, 0.25) is 0 Å². The average molecular weight is 253 g/mol. The lowest BCUT2D eigenvalue weighted by Crippen LogP contribution is -2.40. The van der Waals surface area contributed by atoms with Crippen LogP contribution in [-0.2, 0) is 0 Å². The summed E-state index contributed by atoms with van der Waals surface area (Å²) in [6.07, 6.45) is 0.802. The van der Waals surface area contributed by atoms with Crippen molar-refractivity contribution in [1.29, 1.82) is 0 Å². The van der Waals surface area contributed by atoms with Crippen LogP contribution < -0.4 is 0 Å². The van der Waals surface area contributed by atoms with Gasteiger partial charge in [0, 0.05) is 12.6 Å². The molecular formula is C13H16FNO3. The summed E-state index contributed by atoms with van der Waals surface area (Å²) in [7, 11) is 0. The minimum Gasteiger partial charge on any atom is -0.508 e. The Kier molecular flexibility index (Phi) is 3.52. The van der Waals surface area contributed by atoms with Crippen molar-refractivity contribution in [2.75, 3.05) is 13.2 Å². The molecule has 4 nitrogen and oxygen atoms in total. The Morgan fingerprint density at radius 2 is 2.28 bits per heavy atom. The third kappa shape index (κ3) is 2.18. The number of amides is 1. The molecule has 2 atom stereocenters. The topological polar surface area (TPSA) is 60.8 Å². The maximum atomic E-state index is 13.6. The summed E-state index contributed by atoms with van der Waals surface area (Å²) in [5, 5.41) is 18.4. The van der Waals surface area contributed by atoms with Gasteiger partial charge in [0.25, 0.3) is 5.91 Å². The summed E-state index contributed by atoms with van der Waals surface area (Å²) in [5.41, 5.74) is -0.0691. The van der Waals surface area contributed by atoms with Gasteiger partial charge in [-0.15, -0.1) is 0 Å². The minimum absolute atomic E-state index is 0.0691. The van der Waals surface area contributed by atoms with Crippen molar-refractivity contribution in [3.63, 3.8) is 0 Å². The number of nitrogens with zero attached hydrogens (tertiary/aromatic N) is 1. The van der Waals surface area contributed by atoms with Crippen LogP contribution in [0.4, 0.5) is 4.39 Å². The molecule has 0 bridgehead atoms. The van der Waals surface area contributed by atoms with E-state index in [0.717, 1.165) is 12.5 Å². The number of carbonyl (C=O) groups excluding carboxylic acids is 1. The summed E-state index contributed by atoms with van der Waals surface area (Å²) in [4.78, 5) is 13.7. The molecule has 0 aliphatic carbocycles. The fourth-order valence-corrected chi connectivity index (χ4v) is 2.37. The first-order valence-electron chi connectivity index (χ1n) is 5.95. The molecule has 0 spiro atoms. The number of benzene rings is 1. The lowest BCUT2D eigenvalue weighted by atomic mass is 10.0. The van der Waals surface area contributed by atoms with E-state index in [9.17, 15) is 14.3 Å². The smallest absolute Gasteiger partial charge is 0.257 e. The third-order valence-corrected chi connectivity index (χ3v) is 3.51. The highest BCUT2D eigenvalue weighted by Crippen LogP contribution is 2.26. The summed E-state index contributed by atoms with van der Waals surface area (Å²) in [6, 6.07) is 3.21. The first kappa shape index (κ1) is 12.8. The number of likely N-dealkylation sites (tertiary alicyclic amines) is 1. The zero-order chi connectivity index (χ0) is 13.3. The normalized spacial score (nSPS) is 23.4. The number of aliphatic hydroxyl groups excluding tert-OH is 1. The predicted molar refractivity (Wildman–Crippen MR) is 63.8 cm³/mol. The van der Waals surface area contributed by atoms with Gasteiger partial charge in [-0.25, -0.2) is 4.39 Å². The molecule has 5 heteroatoms. The minimum atomic E-state index is -0.740. The van der Waals surface area contributed by atoms with Crippen LogP contribution in [-0.4, -0.2) is 40.2 Å². The molecule has 18 heavy (non-hydrogen) atoms. The van der Waals surface area contributed by atoms with E-state index in [2.05, 4.69) is 0 Å². The zero-order valence-electron chi connectivity index (χ0n) is 10.1. The Hall–Kier alpha value is -1.62. The number of aliphatic hydroxyl groups is 1. The van der Waals surface area contributed by atoms with Crippen molar-refractivity contribution < 1.29 is 19.4 Å². The number of aromatic hydroxyl groups is 1. The Morgan fingerprint density at radius 3 is 2.89 bits per heavy atom. The van der Waals surface area contributed by atoms with E-state index in [0.29, 0.717) is 6.54 Å². The lowest BCUT2D eigenvalue weighted by Gasteiger charge is -2.25. The zero-order valence-corrected chi connectivity index (χ0v) is 10.1. The van der Waals surface area contributed by atoms with E-state index in [1.54, 1.807) is 0 Å². The van der Waals surface area contributed by atoms with Crippen molar-refractivity contribution in [1.82, 2.24) is 4.90 Å². The molecule has 1 fully saturated rings. The molecule has 2 unspecified atom stereocenters. The lowest BCUT2D eigenvalue weighted by molar-refractivity contribution is 0.0643. The van der Waals surface area contributed by atoms with E-state index >= 15 is 0 Å². The monoisotopic (exact) mass is 253 g/mol. The Balaban J connectivity index is 2.26. The highest BCUT2D eigenvalue weighted by Gasteiger charge is 2.35. The quantitative estimate of drug-likeness (QED) is 0.837. The summed E-state index contributed by atoms with van der Waals surface area (Å²) < 4.78 is 13.6. The van der Waals surface area contributed by atoms with Crippen LogP contribution in [0.1, 0.15) is 23.7 Å². The molecule has 2 N–H and O–H groups in total. The van der Waals surface area contributed by atoms with E-state index in [1.807, 2.05) is 6.92 Å². The van der Waals surface area contributed by atoms with E-state index in [4.69, 9.17) is 5.11 Å². The molecule has 1 aromatic rings. The fraction of sp³-hybridized carbons (Fsp3) is 0.462. The van der Waals surface area contributed by atoms with E-state index in [1.165, 1.54) is 17.0 Å². The van der Waals surface area contributed by atoms with Gasteiger partial charge in [-0.2, -0.15) is 0 Å². The number of phenolic OH excluding ortho intramolecular Hbond substituents is 1. The highest BCUT2D eigenvalue weighted by atomic mass is 19.1. The Morgan fingerprint density at radius 1 is 1.56 bits per heavy atom. The number of rotatable bonds is 2. The second-order valence-electron chi connectivity index (χ2n) is 4.68. The molecule has 1 aromatic carbocycles. The molecule has 1 heterocycles. The van der Waals surface area contributed by atoms with Crippen molar-refractivity contribution in [3.8, 4) is 5.75 Å². The number of halogens is 1. The van der Waals surface area contributed by atoms with Crippen LogP contribution in [0.2, 0.25) is 0 Å². The summed E-state index contributed by atoms with van der Waals surface area (Å²) >= 11 is 0.